The quantitative estimate of drug-likeness (QED) is 0.389. The predicted octanol–water partition coefficient (Wildman–Crippen LogP) is 4.00. The summed E-state index contributed by atoms with van der Waals surface area (Å²) in [5, 5.41) is 9.84. The first-order chi connectivity index (χ1) is 17.1. The van der Waals surface area contributed by atoms with Gasteiger partial charge in [-0.3, -0.25) is 9.69 Å². The Kier molecular flexibility index (Phi) is 6.03. The fourth-order valence-electron chi connectivity index (χ4n) is 5.65. The van der Waals surface area contributed by atoms with E-state index in [1.54, 1.807) is 11.3 Å². The lowest BCUT2D eigenvalue weighted by molar-refractivity contribution is -0.122. The average Bonchev–Trinajstić information content (AvgIpc) is 3.65. The molecule has 3 heterocycles. The summed E-state index contributed by atoms with van der Waals surface area (Å²) in [5.74, 6) is 2.13. The number of ether oxygens (including phenoxy) is 1. The van der Waals surface area contributed by atoms with Crippen LogP contribution in [0.2, 0.25) is 0 Å². The van der Waals surface area contributed by atoms with E-state index in [-0.39, 0.29) is 29.7 Å². The number of carbonyl (C=O) groups is 1. The maximum atomic E-state index is 12.2. The molecule has 1 saturated heterocycles. The Labute approximate surface area is 208 Å². The number of nitrogens with two attached hydrogens (primary N) is 1. The second-order valence-electron chi connectivity index (χ2n) is 9.63. The molecule has 35 heavy (non-hydrogen) atoms. The summed E-state index contributed by atoms with van der Waals surface area (Å²) in [7, 11) is 0. The van der Waals surface area contributed by atoms with Crippen molar-refractivity contribution in [2.75, 3.05) is 36.9 Å². The van der Waals surface area contributed by atoms with Crippen LogP contribution in [0.25, 0.3) is 10.2 Å². The van der Waals surface area contributed by atoms with E-state index in [1.165, 1.54) is 25.9 Å². The van der Waals surface area contributed by atoms with Crippen molar-refractivity contribution >= 4 is 44.9 Å². The van der Waals surface area contributed by atoms with Gasteiger partial charge < -0.3 is 21.1 Å². The smallest absolute Gasteiger partial charge is 0.230 e. The Morgan fingerprint density at radius 2 is 1.91 bits per heavy atom. The number of benzene rings is 1. The van der Waals surface area contributed by atoms with E-state index >= 15 is 0 Å². The lowest BCUT2D eigenvalue weighted by Crippen LogP contribution is -2.41. The molecule has 2 aromatic heterocycles. The molecule has 1 unspecified atom stereocenters. The molecule has 2 bridgehead atoms. The summed E-state index contributed by atoms with van der Waals surface area (Å²) in [4.78, 5) is 25.0. The van der Waals surface area contributed by atoms with Gasteiger partial charge in [0.2, 0.25) is 11.9 Å². The van der Waals surface area contributed by atoms with Crippen LogP contribution in [0.4, 0.5) is 17.5 Å². The number of likely N-dealkylation sites (tertiary alicyclic amines) is 1. The summed E-state index contributed by atoms with van der Waals surface area (Å²) in [5.41, 5.74) is 6.64. The van der Waals surface area contributed by atoms with E-state index < -0.39 is 0 Å². The summed E-state index contributed by atoms with van der Waals surface area (Å²) < 4.78 is 5.92. The van der Waals surface area contributed by atoms with Gasteiger partial charge in [0.05, 0.1) is 11.3 Å². The minimum atomic E-state index is -0.254. The van der Waals surface area contributed by atoms with Crippen molar-refractivity contribution < 1.29 is 9.53 Å². The minimum Gasteiger partial charge on any atom is -0.492 e. The van der Waals surface area contributed by atoms with Gasteiger partial charge in [0.1, 0.15) is 23.0 Å². The lowest BCUT2D eigenvalue weighted by atomic mass is 9.88. The molecular formula is C26H30N6O2S. The zero-order valence-electron chi connectivity index (χ0n) is 19.5. The Morgan fingerprint density at radius 3 is 2.71 bits per heavy atom. The number of rotatable bonds is 9. The van der Waals surface area contributed by atoms with Crippen LogP contribution in [0.5, 0.6) is 5.75 Å². The maximum Gasteiger partial charge on any atom is 0.230 e. The molecule has 182 valence electrons. The molecule has 1 aliphatic heterocycles. The number of fused-ring (bicyclic) bond motifs is 3. The minimum absolute atomic E-state index is 0.0506. The second-order valence-corrected chi connectivity index (χ2v) is 10.5. The largest absolute Gasteiger partial charge is 0.492 e. The van der Waals surface area contributed by atoms with Crippen LogP contribution in [0.1, 0.15) is 19.3 Å². The lowest BCUT2D eigenvalue weighted by Gasteiger charge is -2.27. The molecule has 8 nitrogen and oxygen atoms in total. The van der Waals surface area contributed by atoms with Gasteiger partial charge in [-0.15, -0.1) is 11.3 Å². The predicted molar refractivity (Wildman–Crippen MR) is 139 cm³/mol. The molecule has 2 fully saturated rings. The Hall–Kier alpha value is -3.17. The van der Waals surface area contributed by atoms with Crippen molar-refractivity contribution in [3.8, 4) is 5.75 Å². The summed E-state index contributed by atoms with van der Waals surface area (Å²) >= 11 is 1.57. The third-order valence-electron chi connectivity index (χ3n) is 7.40. The summed E-state index contributed by atoms with van der Waals surface area (Å²) in [6, 6.07) is 9.85. The number of allylic oxidation sites excluding steroid dienone is 1. The summed E-state index contributed by atoms with van der Waals surface area (Å²) in [6.07, 6.45) is 7.87. The second kappa shape index (κ2) is 9.47. The van der Waals surface area contributed by atoms with Crippen LogP contribution in [0.15, 0.2) is 47.9 Å². The number of anilines is 3. The molecule has 4 atom stereocenters. The van der Waals surface area contributed by atoms with Crippen LogP contribution in [-0.4, -0.2) is 53.1 Å². The van der Waals surface area contributed by atoms with E-state index in [9.17, 15) is 4.79 Å². The number of primary amides is 1. The fourth-order valence-corrected chi connectivity index (χ4v) is 6.41. The molecule has 3 aliphatic rings. The zero-order chi connectivity index (χ0) is 23.8. The highest BCUT2D eigenvalue weighted by atomic mass is 32.1. The van der Waals surface area contributed by atoms with Crippen molar-refractivity contribution in [2.45, 2.75) is 25.3 Å². The molecule has 9 heteroatoms. The van der Waals surface area contributed by atoms with Gasteiger partial charge in [-0.1, -0.05) is 12.2 Å². The Bertz CT molecular complexity index is 1240. The first kappa shape index (κ1) is 22.3. The van der Waals surface area contributed by atoms with Gasteiger partial charge in [-0.25, -0.2) is 4.98 Å². The molecule has 2 aliphatic carbocycles. The van der Waals surface area contributed by atoms with Gasteiger partial charge in [-0.2, -0.15) is 4.98 Å². The average molecular weight is 491 g/mol. The number of hydrogen-bond acceptors (Lipinski definition) is 8. The Morgan fingerprint density at radius 1 is 1.11 bits per heavy atom. The molecule has 4 N–H and O–H groups in total. The van der Waals surface area contributed by atoms with Crippen molar-refractivity contribution in [2.24, 2.45) is 23.5 Å². The molecule has 1 aromatic carbocycles. The Balaban J connectivity index is 1.15. The zero-order valence-corrected chi connectivity index (χ0v) is 20.3. The topological polar surface area (TPSA) is 105 Å². The van der Waals surface area contributed by atoms with Gasteiger partial charge in [0.25, 0.3) is 0 Å². The van der Waals surface area contributed by atoms with Crippen LogP contribution in [-0.2, 0) is 4.79 Å². The molecule has 3 aromatic rings. The van der Waals surface area contributed by atoms with E-state index in [1.807, 2.05) is 35.7 Å². The SMILES string of the molecule is NC(=O)[C@H]1C2C=C[C@@H](C2)[C@H]1Nc1nc(Nc2ccc(OCCN3CCCC3)cc2)nc2sccc12. The van der Waals surface area contributed by atoms with Crippen LogP contribution < -0.4 is 21.1 Å². The van der Waals surface area contributed by atoms with Gasteiger partial charge >= 0.3 is 0 Å². The van der Waals surface area contributed by atoms with Crippen molar-refractivity contribution in [1.29, 1.82) is 0 Å². The van der Waals surface area contributed by atoms with Crippen molar-refractivity contribution in [3.63, 3.8) is 0 Å². The highest BCUT2D eigenvalue weighted by molar-refractivity contribution is 7.16. The van der Waals surface area contributed by atoms with Crippen molar-refractivity contribution in [3.05, 3.63) is 47.9 Å². The van der Waals surface area contributed by atoms with Gasteiger partial charge in [0, 0.05) is 18.3 Å². The van der Waals surface area contributed by atoms with E-state index in [0.29, 0.717) is 12.6 Å². The highest BCUT2D eigenvalue weighted by Gasteiger charge is 2.47. The number of amides is 1. The monoisotopic (exact) mass is 490 g/mol. The standard InChI is InChI=1S/C26H30N6O2S/c27-23(33)21-16-3-4-17(15-16)22(21)29-24-20-9-14-35-25(20)31-26(30-24)28-18-5-7-19(8-6-18)34-13-12-32-10-1-2-11-32/h3-9,14,16-17,21-22H,1-2,10-13,15H2,(H2,27,33)(H2,28,29,30,31)/t16?,17-,21-,22+/m0/s1. The van der Waals surface area contributed by atoms with Crippen LogP contribution >= 0.6 is 11.3 Å². The van der Waals surface area contributed by atoms with Crippen LogP contribution in [0.3, 0.4) is 0 Å². The van der Waals surface area contributed by atoms with Crippen molar-refractivity contribution in [1.82, 2.24) is 14.9 Å². The first-order valence-corrected chi connectivity index (χ1v) is 13.2. The van der Waals surface area contributed by atoms with E-state index in [0.717, 1.165) is 40.4 Å². The maximum absolute atomic E-state index is 12.2. The number of nitrogens with one attached hydrogen (secondary N) is 2. The third-order valence-corrected chi connectivity index (χ3v) is 8.21. The van der Waals surface area contributed by atoms with Gasteiger partial charge in [0.15, 0.2) is 0 Å². The molecular weight excluding hydrogens is 460 g/mol. The van der Waals surface area contributed by atoms with Gasteiger partial charge in [-0.05, 0) is 79.9 Å². The number of nitrogens with zero attached hydrogens (tertiary/aromatic N) is 3. The molecule has 1 saturated carbocycles. The normalized spacial score (nSPS) is 25.4. The van der Waals surface area contributed by atoms with E-state index in [2.05, 4.69) is 27.7 Å². The first-order valence-electron chi connectivity index (χ1n) is 12.4. The summed E-state index contributed by atoms with van der Waals surface area (Å²) in [6.45, 7) is 4.03. The fraction of sp³-hybridized carbons (Fsp3) is 0.423. The molecule has 0 spiro atoms. The van der Waals surface area contributed by atoms with Crippen LogP contribution in [0, 0.1) is 17.8 Å². The number of aromatic nitrogens is 2. The van der Waals surface area contributed by atoms with E-state index in [4.69, 9.17) is 20.4 Å². The molecule has 1 amide bonds. The molecule has 0 radical (unpaired) electrons. The number of thiophene rings is 1. The highest BCUT2D eigenvalue weighted by Crippen LogP contribution is 2.45. The number of hydrogen-bond donors (Lipinski definition) is 3. The third kappa shape index (κ3) is 4.58. The number of carbonyl (C=O) groups excluding carboxylic acids is 1. The molecule has 6 rings (SSSR count).